The molecule has 21 heavy (non-hydrogen) atoms. The zero-order valence-corrected chi connectivity index (χ0v) is 12.6. The summed E-state index contributed by atoms with van der Waals surface area (Å²) in [7, 11) is 0. The largest absolute Gasteiger partial charge is 0.392 e. The first-order valence-corrected chi connectivity index (χ1v) is 8.40. The van der Waals surface area contributed by atoms with Crippen molar-refractivity contribution in [2.45, 2.75) is 51.6 Å². The van der Waals surface area contributed by atoms with E-state index in [0.29, 0.717) is 23.5 Å². The molecule has 1 spiro atoms. The van der Waals surface area contributed by atoms with Crippen LogP contribution < -0.4 is 0 Å². The summed E-state index contributed by atoms with van der Waals surface area (Å²) < 4.78 is 0. The highest BCUT2D eigenvalue weighted by molar-refractivity contribution is 5.93. The number of ketones is 1. The number of hydrogen-bond acceptors (Lipinski definition) is 2. The summed E-state index contributed by atoms with van der Waals surface area (Å²) in [5.74, 6) is 1.64. The Hall–Kier alpha value is -1.15. The number of carbonyl (C=O) groups excluding carboxylic acids is 1. The Labute approximate surface area is 125 Å². The van der Waals surface area contributed by atoms with Crippen LogP contribution in [0.25, 0.3) is 0 Å². The van der Waals surface area contributed by atoms with Gasteiger partial charge in [-0.3, -0.25) is 4.79 Å². The Morgan fingerprint density at radius 1 is 1.29 bits per heavy atom. The van der Waals surface area contributed by atoms with Crippen molar-refractivity contribution in [3.8, 4) is 0 Å². The second-order valence-electron chi connectivity index (χ2n) is 7.97. The van der Waals surface area contributed by atoms with E-state index in [9.17, 15) is 9.90 Å². The van der Waals surface area contributed by atoms with Crippen LogP contribution in [0.3, 0.4) is 0 Å². The maximum Gasteiger partial charge on any atom is 0.156 e. The number of carbonyl (C=O) groups is 1. The van der Waals surface area contributed by atoms with Gasteiger partial charge in [0.15, 0.2) is 5.78 Å². The number of fused-ring (bicyclic) bond motifs is 2. The molecule has 2 nitrogen and oxygen atoms in total. The lowest BCUT2D eigenvalue weighted by atomic mass is 9.57. The maximum atomic E-state index is 11.7. The van der Waals surface area contributed by atoms with E-state index in [0.717, 1.165) is 25.2 Å². The third kappa shape index (κ3) is 1.27. The molecule has 2 heteroatoms. The highest BCUT2D eigenvalue weighted by Gasteiger charge is 2.75. The third-order valence-electron chi connectivity index (χ3n) is 7.36. The van der Waals surface area contributed by atoms with Crippen molar-refractivity contribution >= 4 is 5.78 Å². The molecule has 2 fully saturated rings. The summed E-state index contributed by atoms with van der Waals surface area (Å²) in [6.07, 6.45) is 12.5. The lowest BCUT2D eigenvalue weighted by Crippen LogP contribution is -2.43. The highest BCUT2D eigenvalue weighted by Crippen LogP contribution is 2.79. The van der Waals surface area contributed by atoms with Crippen LogP contribution in [0.4, 0.5) is 0 Å². The van der Waals surface area contributed by atoms with Gasteiger partial charge in [0, 0.05) is 11.8 Å². The molecule has 110 valence electrons. The minimum absolute atomic E-state index is 0.0158. The molecule has 0 saturated heterocycles. The standard InChI is InChI=1S/C19H22O2/c1-18-7-6-15-14-4-3-13(20)8-11(14)2-5-16(15)19(18)10-12(19)9-17(18)21/h6-8,12,16-17,21H,2-5,9-10H2,1H3/t12-,16?,17-,18-,19+/m1/s1. The molecular formula is C19H22O2. The highest BCUT2D eigenvalue weighted by atomic mass is 16.3. The van der Waals surface area contributed by atoms with Crippen LogP contribution in [0.1, 0.15) is 45.4 Å². The van der Waals surface area contributed by atoms with Crippen LogP contribution in [0.5, 0.6) is 0 Å². The lowest BCUT2D eigenvalue weighted by molar-refractivity contribution is -0.114. The van der Waals surface area contributed by atoms with E-state index >= 15 is 0 Å². The van der Waals surface area contributed by atoms with Gasteiger partial charge < -0.3 is 5.11 Å². The molecule has 1 unspecified atom stereocenters. The molecule has 1 N–H and O–H groups in total. The second-order valence-corrected chi connectivity index (χ2v) is 7.97. The molecule has 2 saturated carbocycles. The van der Waals surface area contributed by atoms with Crippen molar-refractivity contribution in [3.05, 3.63) is 34.9 Å². The van der Waals surface area contributed by atoms with E-state index in [1.807, 2.05) is 6.08 Å². The van der Waals surface area contributed by atoms with Gasteiger partial charge in [0.05, 0.1) is 6.10 Å². The van der Waals surface area contributed by atoms with Gasteiger partial charge >= 0.3 is 0 Å². The molecular weight excluding hydrogens is 260 g/mol. The van der Waals surface area contributed by atoms with Crippen LogP contribution in [0, 0.1) is 22.7 Å². The van der Waals surface area contributed by atoms with Gasteiger partial charge in [-0.05, 0) is 72.2 Å². The molecule has 0 radical (unpaired) electrons. The fourth-order valence-electron chi connectivity index (χ4n) is 6.19. The molecule has 0 bridgehead atoms. The van der Waals surface area contributed by atoms with Crippen LogP contribution >= 0.6 is 0 Å². The van der Waals surface area contributed by atoms with E-state index in [1.165, 1.54) is 29.6 Å². The summed E-state index contributed by atoms with van der Waals surface area (Å²) in [6.45, 7) is 2.28. The van der Waals surface area contributed by atoms with E-state index in [-0.39, 0.29) is 11.5 Å². The van der Waals surface area contributed by atoms with Crippen LogP contribution in [0.15, 0.2) is 34.9 Å². The van der Waals surface area contributed by atoms with Crippen LogP contribution in [0.2, 0.25) is 0 Å². The summed E-state index contributed by atoms with van der Waals surface area (Å²) in [4.78, 5) is 11.7. The fourth-order valence-corrected chi connectivity index (χ4v) is 6.19. The second kappa shape index (κ2) is 3.60. The Balaban J connectivity index is 1.69. The van der Waals surface area contributed by atoms with Crippen LogP contribution in [-0.2, 0) is 4.79 Å². The Morgan fingerprint density at radius 2 is 2.14 bits per heavy atom. The number of allylic oxidation sites excluding steroid dienone is 5. The monoisotopic (exact) mass is 282 g/mol. The van der Waals surface area contributed by atoms with Crippen molar-refractivity contribution in [3.63, 3.8) is 0 Å². The van der Waals surface area contributed by atoms with Gasteiger partial charge in [-0.1, -0.05) is 19.1 Å². The topological polar surface area (TPSA) is 37.3 Å². The summed E-state index contributed by atoms with van der Waals surface area (Å²) in [5.41, 5.74) is 4.59. The predicted molar refractivity (Wildman–Crippen MR) is 80.5 cm³/mol. The van der Waals surface area contributed by atoms with Crippen molar-refractivity contribution < 1.29 is 9.90 Å². The molecule has 0 aromatic carbocycles. The van der Waals surface area contributed by atoms with E-state index in [4.69, 9.17) is 0 Å². The van der Waals surface area contributed by atoms with Crippen molar-refractivity contribution in [2.24, 2.45) is 22.7 Å². The number of aliphatic hydroxyl groups is 1. The molecule has 5 aliphatic carbocycles. The smallest absolute Gasteiger partial charge is 0.156 e. The number of rotatable bonds is 0. The van der Waals surface area contributed by atoms with Crippen LogP contribution in [-0.4, -0.2) is 17.0 Å². The Kier molecular flexibility index (Phi) is 2.13. The Bertz CT molecular complexity index is 652. The molecule has 0 amide bonds. The van der Waals surface area contributed by atoms with Crippen molar-refractivity contribution in [2.75, 3.05) is 0 Å². The molecule has 0 aromatic heterocycles. The average Bonchev–Trinajstić information content (AvgIpc) is 3.12. The van der Waals surface area contributed by atoms with E-state index in [1.54, 1.807) is 0 Å². The Morgan fingerprint density at radius 3 is 3.00 bits per heavy atom. The van der Waals surface area contributed by atoms with Gasteiger partial charge in [-0.25, -0.2) is 0 Å². The summed E-state index contributed by atoms with van der Waals surface area (Å²) in [5, 5.41) is 10.5. The number of hydrogen-bond donors (Lipinski definition) is 1. The molecule has 5 rings (SSSR count). The van der Waals surface area contributed by atoms with Gasteiger partial charge in [-0.2, -0.15) is 0 Å². The minimum atomic E-state index is -0.163. The van der Waals surface area contributed by atoms with Crippen molar-refractivity contribution in [1.29, 1.82) is 0 Å². The third-order valence-corrected chi connectivity index (χ3v) is 7.36. The molecule has 0 aliphatic heterocycles. The maximum absolute atomic E-state index is 11.7. The van der Waals surface area contributed by atoms with Gasteiger partial charge in [0.2, 0.25) is 0 Å². The van der Waals surface area contributed by atoms with Crippen molar-refractivity contribution in [1.82, 2.24) is 0 Å². The quantitative estimate of drug-likeness (QED) is 0.740. The lowest BCUT2D eigenvalue weighted by Gasteiger charge is -2.47. The molecule has 0 aromatic rings. The first-order chi connectivity index (χ1) is 10.1. The molecule has 5 atom stereocenters. The average molecular weight is 282 g/mol. The van der Waals surface area contributed by atoms with E-state index in [2.05, 4.69) is 19.1 Å². The van der Waals surface area contributed by atoms with Gasteiger partial charge in [0.25, 0.3) is 0 Å². The predicted octanol–water partition coefficient (Wildman–Crippen LogP) is 3.33. The minimum Gasteiger partial charge on any atom is -0.392 e. The molecule has 5 aliphatic rings. The fraction of sp³-hybridized carbons (Fsp3) is 0.632. The molecule has 0 heterocycles. The van der Waals surface area contributed by atoms with Gasteiger partial charge in [-0.15, -0.1) is 0 Å². The first-order valence-electron chi connectivity index (χ1n) is 8.40. The zero-order chi connectivity index (χ0) is 14.4. The number of aliphatic hydroxyl groups excluding tert-OH is 1. The van der Waals surface area contributed by atoms with E-state index < -0.39 is 0 Å². The zero-order valence-electron chi connectivity index (χ0n) is 12.6. The summed E-state index contributed by atoms with van der Waals surface area (Å²) in [6, 6.07) is 0. The first kappa shape index (κ1) is 12.4. The van der Waals surface area contributed by atoms with Gasteiger partial charge in [0.1, 0.15) is 0 Å². The normalized spacial score (nSPS) is 50.1. The summed E-state index contributed by atoms with van der Waals surface area (Å²) >= 11 is 0. The SMILES string of the molecule is C[C@]12C=CC3=C4CCC(=O)C=C4CCC3[C@@]13C[C@H]3C[C@H]2O.